The van der Waals surface area contributed by atoms with E-state index in [1.807, 2.05) is 6.92 Å². The van der Waals surface area contributed by atoms with Crippen molar-refractivity contribution in [1.29, 1.82) is 0 Å². The Morgan fingerprint density at radius 3 is 2.68 bits per heavy atom. The molecule has 7 nitrogen and oxygen atoms in total. The molecule has 1 aromatic rings. The molecule has 104 valence electrons. The number of hydrogen-bond donors (Lipinski definition) is 3. The molecule has 0 saturated carbocycles. The Bertz CT molecular complexity index is 476. The lowest BCUT2D eigenvalue weighted by Gasteiger charge is -2.23. The molecular formula is C12H18N4O3. The van der Waals surface area contributed by atoms with Gasteiger partial charge in [-0.1, -0.05) is 6.92 Å². The highest BCUT2D eigenvalue weighted by molar-refractivity contribution is 5.90. The first-order valence-electron chi connectivity index (χ1n) is 5.94. The van der Waals surface area contributed by atoms with E-state index >= 15 is 0 Å². The smallest absolute Gasteiger partial charge is 0.337 e. The van der Waals surface area contributed by atoms with E-state index in [0.29, 0.717) is 12.4 Å². The van der Waals surface area contributed by atoms with Crippen LogP contribution < -0.4 is 16.0 Å². The van der Waals surface area contributed by atoms with Crippen LogP contribution in [0, 0.1) is 0 Å². The van der Waals surface area contributed by atoms with E-state index in [2.05, 4.69) is 10.3 Å². The molecule has 0 aliphatic rings. The van der Waals surface area contributed by atoms with Gasteiger partial charge in [0.05, 0.1) is 17.8 Å². The van der Waals surface area contributed by atoms with Gasteiger partial charge >= 0.3 is 5.97 Å². The van der Waals surface area contributed by atoms with E-state index < -0.39 is 5.97 Å². The summed E-state index contributed by atoms with van der Waals surface area (Å²) in [6, 6.07) is 1.34. The van der Waals surface area contributed by atoms with Crippen molar-refractivity contribution in [1.82, 2.24) is 10.3 Å². The molecule has 0 saturated heterocycles. The van der Waals surface area contributed by atoms with Crippen LogP contribution in [0.15, 0.2) is 12.3 Å². The van der Waals surface area contributed by atoms with Crippen LogP contribution in [0.3, 0.4) is 0 Å². The van der Waals surface area contributed by atoms with Gasteiger partial charge in [-0.05, 0) is 12.5 Å². The summed E-state index contributed by atoms with van der Waals surface area (Å²) >= 11 is 0. The summed E-state index contributed by atoms with van der Waals surface area (Å²) in [5.74, 6) is -0.813. The summed E-state index contributed by atoms with van der Waals surface area (Å²) in [6.45, 7) is 2.71. The molecule has 0 aliphatic carbocycles. The van der Waals surface area contributed by atoms with Gasteiger partial charge in [-0.2, -0.15) is 0 Å². The second-order valence-corrected chi connectivity index (χ2v) is 4.04. The molecule has 0 fully saturated rings. The molecule has 0 aromatic carbocycles. The summed E-state index contributed by atoms with van der Waals surface area (Å²) in [5, 5.41) is 11.4. The minimum atomic E-state index is -1.08. The average Bonchev–Trinajstić information content (AvgIpc) is 2.37. The number of nitrogens with one attached hydrogen (secondary N) is 1. The number of rotatable bonds is 6. The molecule has 0 bridgehead atoms. The molecule has 0 radical (unpaired) electrons. The minimum absolute atomic E-state index is 0.0256. The van der Waals surface area contributed by atoms with Crippen molar-refractivity contribution in [3.05, 3.63) is 17.8 Å². The topological polar surface area (TPSA) is 109 Å². The zero-order chi connectivity index (χ0) is 14.4. The number of likely N-dealkylation sites (N-methyl/N-ethyl adjacent to an activating group) is 1. The third-order valence-corrected chi connectivity index (χ3v) is 2.55. The largest absolute Gasteiger partial charge is 0.478 e. The minimum Gasteiger partial charge on any atom is -0.478 e. The highest BCUT2D eigenvalue weighted by Crippen LogP contribution is 2.21. The summed E-state index contributed by atoms with van der Waals surface area (Å²) < 4.78 is 0. The van der Waals surface area contributed by atoms with Gasteiger partial charge in [-0.3, -0.25) is 4.79 Å². The Morgan fingerprint density at radius 2 is 2.21 bits per heavy atom. The fraction of sp³-hybridized carbons (Fsp3) is 0.417. The zero-order valence-electron chi connectivity index (χ0n) is 11.0. The van der Waals surface area contributed by atoms with Crippen LogP contribution >= 0.6 is 0 Å². The number of hydrogen-bond acceptors (Lipinski definition) is 5. The van der Waals surface area contributed by atoms with Crippen molar-refractivity contribution < 1.29 is 14.7 Å². The van der Waals surface area contributed by atoms with Crippen molar-refractivity contribution in [2.24, 2.45) is 0 Å². The van der Waals surface area contributed by atoms with Crippen LogP contribution in [0.2, 0.25) is 0 Å². The number of carboxylic acid groups (broad SMARTS) is 1. The Labute approximate surface area is 111 Å². The van der Waals surface area contributed by atoms with Crippen LogP contribution in [0.5, 0.6) is 0 Å². The van der Waals surface area contributed by atoms with Crippen LogP contribution in [0.1, 0.15) is 23.7 Å². The Morgan fingerprint density at radius 1 is 1.53 bits per heavy atom. The molecule has 19 heavy (non-hydrogen) atoms. The van der Waals surface area contributed by atoms with Gasteiger partial charge in [0.2, 0.25) is 5.91 Å². The van der Waals surface area contributed by atoms with Crippen molar-refractivity contribution in [3.8, 4) is 0 Å². The van der Waals surface area contributed by atoms with E-state index in [0.717, 1.165) is 6.42 Å². The number of pyridine rings is 1. The first-order valence-corrected chi connectivity index (χ1v) is 5.94. The van der Waals surface area contributed by atoms with Crippen LogP contribution in [-0.2, 0) is 4.79 Å². The molecule has 1 amide bonds. The third-order valence-electron chi connectivity index (χ3n) is 2.55. The van der Waals surface area contributed by atoms with E-state index in [4.69, 9.17) is 10.8 Å². The maximum absolute atomic E-state index is 11.4. The monoisotopic (exact) mass is 266 g/mol. The first-order chi connectivity index (χ1) is 8.99. The highest BCUT2D eigenvalue weighted by Gasteiger charge is 2.15. The molecule has 1 aromatic heterocycles. The number of nitrogens with two attached hydrogens (primary N) is 1. The lowest BCUT2D eigenvalue weighted by molar-refractivity contribution is -0.119. The highest BCUT2D eigenvalue weighted by atomic mass is 16.4. The lowest BCUT2D eigenvalue weighted by Crippen LogP contribution is -2.37. The maximum atomic E-state index is 11.4. The Hall–Kier alpha value is -2.31. The summed E-state index contributed by atoms with van der Waals surface area (Å²) in [4.78, 5) is 28.0. The van der Waals surface area contributed by atoms with Gasteiger partial charge in [0.1, 0.15) is 0 Å². The van der Waals surface area contributed by atoms with E-state index in [-0.39, 0.29) is 23.7 Å². The molecule has 0 spiro atoms. The Kier molecular flexibility index (Phi) is 5.11. The molecule has 0 unspecified atom stereocenters. The van der Waals surface area contributed by atoms with Gasteiger partial charge in [0, 0.05) is 19.8 Å². The number of anilines is 2. The number of carbonyl (C=O) groups excluding carboxylic acids is 1. The van der Waals surface area contributed by atoms with Gasteiger partial charge in [-0.15, -0.1) is 0 Å². The molecule has 0 aliphatic heterocycles. The van der Waals surface area contributed by atoms with Crippen LogP contribution in [0.4, 0.5) is 11.5 Å². The molecule has 1 rings (SSSR count). The normalized spacial score (nSPS) is 10.0. The predicted molar refractivity (Wildman–Crippen MR) is 72.2 cm³/mol. The fourth-order valence-corrected chi connectivity index (χ4v) is 1.64. The Balaban J connectivity index is 3.02. The van der Waals surface area contributed by atoms with Crippen molar-refractivity contribution in [2.45, 2.75) is 13.3 Å². The SMILES string of the molecule is CCCN(CC(=O)NC)c1ncc(C(=O)O)cc1N. The summed E-state index contributed by atoms with van der Waals surface area (Å²) in [6.07, 6.45) is 2.05. The third kappa shape index (κ3) is 3.84. The second kappa shape index (κ2) is 6.58. The van der Waals surface area contributed by atoms with E-state index in [1.165, 1.54) is 12.3 Å². The number of carbonyl (C=O) groups is 2. The fourth-order valence-electron chi connectivity index (χ4n) is 1.64. The van der Waals surface area contributed by atoms with Gasteiger partial charge in [0.25, 0.3) is 0 Å². The first kappa shape index (κ1) is 14.7. The van der Waals surface area contributed by atoms with Gasteiger partial charge < -0.3 is 21.1 Å². The zero-order valence-corrected chi connectivity index (χ0v) is 11.0. The van der Waals surface area contributed by atoms with Crippen molar-refractivity contribution >= 4 is 23.4 Å². The predicted octanol–water partition coefficient (Wildman–Crippen LogP) is 0.324. The van der Waals surface area contributed by atoms with Crippen LogP contribution in [0.25, 0.3) is 0 Å². The molecule has 1 heterocycles. The van der Waals surface area contributed by atoms with E-state index in [1.54, 1.807) is 11.9 Å². The summed E-state index contributed by atoms with van der Waals surface area (Å²) in [7, 11) is 1.55. The van der Waals surface area contributed by atoms with Crippen molar-refractivity contribution in [2.75, 3.05) is 30.8 Å². The molecule has 4 N–H and O–H groups in total. The van der Waals surface area contributed by atoms with Crippen LogP contribution in [-0.4, -0.2) is 42.1 Å². The maximum Gasteiger partial charge on any atom is 0.337 e. The average molecular weight is 266 g/mol. The lowest BCUT2D eigenvalue weighted by atomic mass is 10.2. The van der Waals surface area contributed by atoms with E-state index in [9.17, 15) is 9.59 Å². The number of amides is 1. The number of carboxylic acids is 1. The molecule has 7 heteroatoms. The number of aromatic nitrogens is 1. The number of nitrogens with zero attached hydrogens (tertiary/aromatic N) is 2. The molecule has 0 atom stereocenters. The second-order valence-electron chi connectivity index (χ2n) is 4.04. The number of aromatic carboxylic acids is 1. The summed E-state index contributed by atoms with van der Waals surface area (Å²) in [5.41, 5.74) is 6.08. The quantitative estimate of drug-likeness (QED) is 0.684. The standard InChI is InChI=1S/C12H18N4O3/c1-3-4-16(7-10(17)14-2)11-9(13)5-8(6-15-11)12(18)19/h5-6H,3-4,7,13H2,1-2H3,(H,14,17)(H,18,19). The van der Waals surface area contributed by atoms with Crippen molar-refractivity contribution in [3.63, 3.8) is 0 Å². The molecular weight excluding hydrogens is 248 g/mol. The van der Waals surface area contributed by atoms with Gasteiger partial charge in [0.15, 0.2) is 5.82 Å². The number of nitrogen functional groups attached to an aromatic ring is 1. The van der Waals surface area contributed by atoms with Gasteiger partial charge in [-0.25, -0.2) is 9.78 Å².